The summed E-state index contributed by atoms with van der Waals surface area (Å²) in [5.74, 6) is 0.261. The zero-order valence-electron chi connectivity index (χ0n) is 9.78. The van der Waals surface area contributed by atoms with Crippen LogP contribution in [0.1, 0.15) is 26.2 Å². The quantitative estimate of drug-likeness (QED) is 0.704. The smallest absolute Gasteiger partial charge is 0.148 e. The summed E-state index contributed by atoms with van der Waals surface area (Å²) in [6.45, 7) is 5.77. The van der Waals surface area contributed by atoms with Crippen molar-refractivity contribution >= 4 is 9.84 Å². The number of hydrazine groups is 1. The van der Waals surface area contributed by atoms with E-state index in [2.05, 4.69) is 16.9 Å². The highest BCUT2D eigenvalue weighted by Gasteiger charge is 2.17. The van der Waals surface area contributed by atoms with Crippen molar-refractivity contribution in [2.75, 3.05) is 38.2 Å². The Morgan fingerprint density at radius 1 is 1.20 bits per heavy atom. The molecule has 4 nitrogen and oxygen atoms in total. The average molecular weight is 234 g/mol. The fourth-order valence-corrected chi connectivity index (χ4v) is 2.47. The van der Waals surface area contributed by atoms with Crippen LogP contribution in [0.4, 0.5) is 0 Å². The number of nitrogens with zero attached hydrogens (tertiary/aromatic N) is 2. The minimum absolute atomic E-state index is 0.261. The minimum atomic E-state index is -2.84. The van der Waals surface area contributed by atoms with E-state index in [9.17, 15) is 8.42 Å². The van der Waals surface area contributed by atoms with Crippen molar-refractivity contribution in [3.8, 4) is 0 Å². The molecule has 0 aromatic rings. The number of hydrogen-bond acceptors (Lipinski definition) is 4. The molecule has 1 aliphatic heterocycles. The second-order valence-corrected chi connectivity index (χ2v) is 6.45. The second kappa shape index (κ2) is 5.82. The molecule has 0 spiro atoms. The van der Waals surface area contributed by atoms with Crippen molar-refractivity contribution < 1.29 is 8.42 Å². The monoisotopic (exact) mass is 234 g/mol. The van der Waals surface area contributed by atoms with Gasteiger partial charge in [0.15, 0.2) is 0 Å². The van der Waals surface area contributed by atoms with Crippen LogP contribution in [0.15, 0.2) is 0 Å². The first kappa shape index (κ1) is 12.9. The van der Waals surface area contributed by atoms with Crippen LogP contribution in [0.25, 0.3) is 0 Å². The third-order valence-corrected chi connectivity index (χ3v) is 3.74. The molecule has 1 aliphatic rings. The Labute approximate surface area is 93.1 Å². The Kier molecular flexibility index (Phi) is 5.02. The van der Waals surface area contributed by atoms with Crippen molar-refractivity contribution in [1.82, 2.24) is 10.0 Å². The second-order valence-electron chi connectivity index (χ2n) is 4.19. The van der Waals surface area contributed by atoms with Crippen molar-refractivity contribution in [3.63, 3.8) is 0 Å². The summed E-state index contributed by atoms with van der Waals surface area (Å²) in [7, 11) is -2.84. The predicted molar refractivity (Wildman–Crippen MR) is 62.4 cm³/mol. The van der Waals surface area contributed by atoms with E-state index in [1.165, 1.54) is 25.5 Å². The lowest BCUT2D eigenvalue weighted by molar-refractivity contribution is -0.0301. The van der Waals surface area contributed by atoms with Gasteiger partial charge in [0.25, 0.3) is 0 Å². The Morgan fingerprint density at radius 3 is 2.27 bits per heavy atom. The lowest BCUT2D eigenvalue weighted by atomic mass is 10.2. The Balaban J connectivity index is 2.40. The molecule has 0 unspecified atom stereocenters. The highest BCUT2D eigenvalue weighted by molar-refractivity contribution is 7.90. The van der Waals surface area contributed by atoms with Gasteiger partial charge in [0.1, 0.15) is 9.84 Å². The molecule has 1 heterocycles. The maximum atomic E-state index is 11.1. The molecular weight excluding hydrogens is 212 g/mol. The lowest BCUT2D eigenvalue weighted by Crippen LogP contribution is -2.47. The van der Waals surface area contributed by atoms with Crippen molar-refractivity contribution in [2.45, 2.75) is 26.2 Å². The molecular formula is C10H22N2O2S. The van der Waals surface area contributed by atoms with Crippen LogP contribution in [0.2, 0.25) is 0 Å². The molecule has 0 N–H and O–H groups in total. The summed E-state index contributed by atoms with van der Waals surface area (Å²) in [4.78, 5) is 0. The maximum absolute atomic E-state index is 11.1. The molecule has 1 saturated heterocycles. The van der Waals surface area contributed by atoms with Gasteiger partial charge in [-0.3, -0.25) is 0 Å². The van der Waals surface area contributed by atoms with Gasteiger partial charge >= 0.3 is 0 Å². The van der Waals surface area contributed by atoms with Crippen molar-refractivity contribution in [3.05, 3.63) is 0 Å². The largest absolute Gasteiger partial charge is 0.242 e. The first-order valence-corrected chi connectivity index (χ1v) is 7.76. The van der Waals surface area contributed by atoms with Crippen LogP contribution >= 0.6 is 0 Å². The Hall–Kier alpha value is -0.130. The van der Waals surface area contributed by atoms with Gasteiger partial charge in [-0.1, -0.05) is 13.3 Å². The number of sulfone groups is 1. The molecule has 0 aromatic carbocycles. The third-order valence-electron chi connectivity index (χ3n) is 2.82. The predicted octanol–water partition coefficient (Wildman–Crippen LogP) is 0.754. The molecule has 0 atom stereocenters. The molecule has 1 rings (SSSR count). The van der Waals surface area contributed by atoms with Gasteiger partial charge in [-0.2, -0.15) is 0 Å². The van der Waals surface area contributed by atoms with Crippen LogP contribution in [0.5, 0.6) is 0 Å². The minimum Gasteiger partial charge on any atom is -0.242 e. The summed E-state index contributed by atoms with van der Waals surface area (Å²) in [6, 6.07) is 0. The van der Waals surface area contributed by atoms with Crippen molar-refractivity contribution in [1.29, 1.82) is 0 Å². The number of rotatable bonds is 5. The molecule has 15 heavy (non-hydrogen) atoms. The van der Waals surface area contributed by atoms with E-state index in [1.54, 1.807) is 0 Å². The van der Waals surface area contributed by atoms with E-state index in [0.29, 0.717) is 6.54 Å². The standard InChI is InChI=1S/C10H22N2O2S/c1-3-11(9-10-15(2,13)14)12-7-5-4-6-8-12/h3-10H2,1-2H3. The Morgan fingerprint density at radius 2 is 1.80 bits per heavy atom. The summed E-state index contributed by atoms with van der Waals surface area (Å²) >= 11 is 0. The summed E-state index contributed by atoms with van der Waals surface area (Å²) in [5.41, 5.74) is 0. The zero-order valence-corrected chi connectivity index (χ0v) is 10.6. The summed E-state index contributed by atoms with van der Waals surface area (Å²) < 4.78 is 22.2. The summed E-state index contributed by atoms with van der Waals surface area (Å²) in [5, 5.41) is 4.47. The molecule has 0 amide bonds. The maximum Gasteiger partial charge on any atom is 0.148 e. The van der Waals surface area contributed by atoms with Crippen LogP contribution in [-0.2, 0) is 9.84 Å². The topological polar surface area (TPSA) is 40.6 Å². The first-order valence-electron chi connectivity index (χ1n) is 5.70. The molecule has 90 valence electrons. The molecule has 0 aliphatic carbocycles. The van der Waals surface area contributed by atoms with Gasteiger partial charge in [0.05, 0.1) is 5.75 Å². The highest BCUT2D eigenvalue weighted by atomic mass is 32.2. The molecule has 0 radical (unpaired) electrons. The van der Waals surface area contributed by atoms with E-state index in [-0.39, 0.29) is 5.75 Å². The highest BCUT2D eigenvalue weighted by Crippen LogP contribution is 2.11. The normalized spacial score (nSPS) is 19.7. The van der Waals surface area contributed by atoms with Gasteiger partial charge in [0.2, 0.25) is 0 Å². The Bertz CT molecular complexity index is 271. The first-order chi connectivity index (χ1) is 7.03. The van der Waals surface area contributed by atoms with Gasteiger partial charge in [-0.05, 0) is 12.8 Å². The average Bonchev–Trinajstić information content (AvgIpc) is 2.19. The zero-order chi connectivity index (χ0) is 11.3. The van der Waals surface area contributed by atoms with E-state index in [1.807, 2.05) is 0 Å². The van der Waals surface area contributed by atoms with Crippen LogP contribution in [0.3, 0.4) is 0 Å². The summed E-state index contributed by atoms with van der Waals surface area (Å²) in [6.07, 6.45) is 5.07. The van der Waals surface area contributed by atoms with Crippen LogP contribution in [-0.4, -0.2) is 56.6 Å². The van der Waals surface area contributed by atoms with Crippen molar-refractivity contribution in [2.24, 2.45) is 0 Å². The molecule has 5 heteroatoms. The molecule has 1 fully saturated rings. The van der Waals surface area contributed by atoms with E-state index < -0.39 is 9.84 Å². The fraction of sp³-hybridized carbons (Fsp3) is 1.00. The lowest BCUT2D eigenvalue weighted by Gasteiger charge is -2.36. The number of piperidine rings is 1. The fourth-order valence-electron chi connectivity index (χ4n) is 1.93. The van der Waals surface area contributed by atoms with E-state index in [0.717, 1.165) is 19.6 Å². The van der Waals surface area contributed by atoms with Gasteiger partial charge in [-0.15, -0.1) is 0 Å². The van der Waals surface area contributed by atoms with Gasteiger partial charge in [0, 0.05) is 32.4 Å². The third kappa shape index (κ3) is 4.95. The molecule has 0 saturated carbocycles. The van der Waals surface area contributed by atoms with Crippen LogP contribution < -0.4 is 0 Å². The molecule has 0 bridgehead atoms. The number of hydrogen-bond donors (Lipinski definition) is 0. The SMILES string of the molecule is CCN(CCS(C)(=O)=O)N1CCCCC1. The molecule has 0 aromatic heterocycles. The van der Waals surface area contributed by atoms with Gasteiger partial charge in [-0.25, -0.2) is 18.4 Å². The van der Waals surface area contributed by atoms with E-state index >= 15 is 0 Å². The van der Waals surface area contributed by atoms with Gasteiger partial charge < -0.3 is 0 Å². The van der Waals surface area contributed by atoms with E-state index in [4.69, 9.17) is 0 Å². The van der Waals surface area contributed by atoms with Crippen LogP contribution in [0, 0.1) is 0 Å².